The van der Waals surface area contributed by atoms with Crippen molar-refractivity contribution in [2.24, 2.45) is 0 Å². The van der Waals surface area contributed by atoms with Crippen molar-refractivity contribution in [3.63, 3.8) is 0 Å². The smallest absolute Gasteiger partial charge is 0.266 e. The average molecular weight is 589 g/mol. The Morgan fingerprint density at radius 1 is 0.868 bits per heavy atom. The number of hydrogen-bond acceptors (Lipinski definition) is 6. The van der Waals surface area contributed by atoms with E-state index in [1.54, 1.807) is 66.7 Å². The molecule has 0 radical (unpaired) electrons. The average Bonchev–Trinajstić information content (AvgIpc) is 3.18. The molecular formula is C29H21BrN2O5S. The number of nitrogens with one attached hydrogen (secondary N) is 1. The summed E-state index contributed by atoms with van der Waals surface area (Å²) in [5.74, 6) is 0.664. The van der Waals surface area contributed by atoms with Crippen LogP contribution in [-0.4, -0.2) is 30.6 Å². The van der Waals surface area contributed by atoms with Gasteiger partial charge in [-0.2, -0.15) is 0 Å². The number of rotatable bonds is 8. The summed E-state index contributed by atoms with van der Waals surface area (Å²) < 4.78 is 12.2. The van der Waals surface area contributed by atoms with E-state index in [0.29, 0.717) is 34.2 Å². The zero-order chi connectivity index (χ0) is 26.6. The predicted molar refractivity (Wildman–Crippen MR) is 151 cm³/mol. The molecule has 0 saturated heterocycles. The van der Waals surface area contributed by atoms with E-state index in [9.17, 15) is 14.4 Å². The number of amides is 3. The van der Waals surface area contributed by atoms with Crippen LogP contribution in [0.15, 0.2) is 100 Å². The molecule has 1 N–H and O–H groups in total. The summed E-state index contributed by atoms with van der Waals surface area (Å²) in [6.45, 7) is 0. The summed E-state index contributed by atoms with van der Waals surface area (Å²) >= 11 is 4.85. The van der Waals surface area contributed by atoms with Crippen LogP contribution in [0.25, 0.3) is 0 Å². The van der Waals surface area contributed by atoms with Crippen LogP contribution in [0.1, 0.15) is 20.7 Å². The van der Waals surface area contributed by atoms with E-state index >= 15 is 0 Å². The Balaban J connectivity index is 1.23. The van der Waals surface area contributed by atoms with E-state index in [1.165, 1.54) is 18.9 Å². The predicted octanol–water partition coefficient (Wildman–Crippen LogP) is 6.78. The van der Waals surface area contributed by atoms with Gasteiger partial charge in [-0.25, -0.2) is 4.90 Å². The maximum atomic E-state index is 13.1. The summed E-state index contributed by atoms with van der Waals surface area (Å²) in [5, 5.41) is 2.87. The van der Waals surface area contributed by atoms with Crippen molar-refractivity contribution < 1.29 is 23.9 Å². The summed E-state index contributed by atoms with van der Waals surface area (Å²) in [6, 6.07) is 26.3. The molecule has 0 unspecified atom stereocenters. The Morgan fingerprint density at radius 2 is 1.55 bits per heavy atom. The lowest BCUT2D eigenvalue weighted by Gasteiger charge is -2.16. The Morgan fingerprint density at radius 3 is 2.29 bits per heavy atom. The molecule has 9 heteroatoms. The molecule has 0 fully saturated rings. The monoisotopic (exact) mass is 588 g/mol. The number of imide groups is 1. The fourth-order valence-corrected chi connectivity index (χ4v) is 4.90. The third-order valence-electron chi connectivity index (χ3n) is 5.74. The van der Waals surface area contributed by atoms with Gasteiger partial charge in [0.05, 0.1) is 29.7 Å². The van der Waals surface area contributed by atoms with Gasteiger partial charge in [0.1, 0.15) is 17.2 Å². The molecule has 4 aromatic carbocycles. The molecule has 4 aromatic rings. The fourth-order valence-electron chi connectivity index (χ4n) is 3.94. The molecule has 1 heterocycles. The Bertz CT molecular complexity index is 1520. The van der Waals surface area contributed by atoms with Crippen molar-refractivity contribution in [2.75, 3.05) is 23.1 Å². The van der Waals surface area contributed by atoms with Crippen LogP contribution in [0.3, 0.4) is 0 Å². The minimum absolute atomic E-state index is 0.118. The number of hydrogen-bond donors (Lipinski definition) is 1. The zero-order valence-electron chi connectivity index (χ0n) is 20.1. The molecule has 0 aromatic heterocycles. The molecule has 0 atom stereocenters. The maximum Gasteiger partial charge on any atom is 0.266 e. The fraction of sp³-hybridized carbons (Fsp3) is 0.0690. The van der Waals surface area contributed by atoms with E-state index in [2.05, 4.69) is 21.2 Å². The molecule has 7 nitrogen and oxygen atoms in total. The third kappa shape index (κ3) is 5.44. The van der Waals surface area contributed by atoms with Crippen LogP contribution in [-0.2, 0) is 4.79 Å². The van der Waals surface area contributed by atoms with Gasteiger partial charge < -0.3 is 14.8 Å². The number of nitrogens with zero attached hydrogens (tertiary/aromatic N) is 1. The highest BCUT2D eigenvalue weighted by atomic mass is 79.9. The number of methoxy groups -OCH3 is 1. The molecule has 0 saturated carbocycles. The van der Waals surface area contributed by atoms with Crippen LogP contribution in [0.2, 0.25) is 0 Å². The van der Waals surface area contributed by atoms with Crippen molar-refractivity contribution >= 4 is 56.8 Å². The summed E-state index contributed by atoms with van der Waals surface area (Å²) in [4.78, 5) is 40.6. The zero-order valence-corrected chi connectivity index (χ0v) is 22.5. The maximum absolute atomic E-state index is 13.1. The largest absolute Gasteiger partial charge is 0.495 e. The molecule has 38 heavy (non-hydrogen) atoms. The molecule has 190 valence electrons. The second kappa shape index (κ2) is 11.1. The molecule has 5 rings (SSSR count). The first-order valence-corrected chi connectivity index (χ1v) is 13.3. The number of carbonyl (C=O) groups is 3. The van der Waals surface area contributed by atoms with Crippen molar-refractivity contribution in [2.45, 2.75) is 4.90 Å². The number of benzene rings is 4. The van der Waals surface area contributed by atoms with E-state index in [4.69, 9.17) is 9.47 Å². The number of thioether (sulfide) groups is 1. The lowest BCUT2D eigenvalue weighted by atomic mass is 10.1. The number of carbonyl (C=O) groups excluding carboxylic acids is 3. The molecule has 1 aliphatic heterocycles. The summed E-state index contributed by atoms with van der Waals surface area (Å²) in [7, 11) is 1.49. The van der Waals surface area contributed by atoms with Crippen LogP contribution < -0.4 is 19.7 Å². The number of ether oxygens (including phenoxy) is 2. The molecule has 0 aliphatic carbocycles. The lowest BCUT2D eigenvalue weighted by Crippen LogP contribution is -2.29. The lowest BCUT2D eigenvalue weighted by molar-refractivity contribution is -0.113. The minimum atomic E-state index is -0.445. The first kappa shape index (κ1) is 25.6. The van der Waals surface area contributed by atoms with Crippen LogP contribution in [0.4, 0.5) is 11.4 Å². The van der Waals surface area contributed by atoms with Gasteiger partial charge in [-0.05, 0) is 78.9 Å². The highest BCUT2D eigenvalue weighted by molar-refractivity contribution is 9.10. The number of anilines is 2. The topological polar surface area (TPSA) is 84.9 Å². The normalized spacial score (nSPS) is 12.3. The van der Waals surface area contributed by atoms with Gasteiger partial charge in [-0.3, -0.25) is 14.4 Å². The van der Waals surface area contributed by atoms with E-state index in [1.807, 2.05) is 24.3 Å². The van der Waals surface area contributed by atoms with Crippen molar-refractivity contribution in [1.29, 1.82) is 0 Å². The van der Waals surface area contributed by atoms with E-state index < -0.39 is 11.8 Å². The van der Waals surface area contributed by atoms with Gasteiger partial charge in [0.15, 0.2) is 0 Å². The molecular weight excluding hydrogens is 568 g/mol. The number of fused-ring (bicyclic) bond motifs is 1. The van der Waals surface area contributed by atoms with Gasteiger partial charge in [0, 0.05) is 15.1 Å². The highest BCUT2D eigenvalue weighted by Crippen LogP contribution is 2.36. The molecule has 1 aliphatic rings. The first-order valence-electron chi connectivity index (χ1n) is 11.5. The second-order valence-corrected chi connectivity index (χ2v) is 10.2. The summed E-state index contributed by atoms with van der Waals surface area (Å²) in [5.41, 5.74) is 1.58. The van der Waals surface area contributed by atoms with Crippen LogP contribution in [0.5, 0.6) is 17.2 Å². The van der Waals surface area contributed by atoms with Gasteiger partial charge in [0.25, 0.3) is 11.8 Å². The van der Waals surface area contributed by atoms with Crippen LogP contribution >= 0.6 is 27.7 Å². The van der Waals surface area contributed by atoms with Gasteiger partial charge in [0.2, 0.25) is 5.91 Å². The van der Waals surface area contributed by atoms with E-state index in [0.717, 1.165) is 14.3 Å². The highest BCUT2D eigenvalue weighted by Gasteiger charge is 2.38. The van der Waals surface area contributed by atoms with Crippen molar-refractivity contribution in [3.05, 3.63) is 107 Å². The van der Waals surface area contributed by atoms with E-state index in [-0.39, 0.29) is 17.2 Å². The third-order valence-corrected chi connectivity index (χ3v) is 7.28. The first-order chi connectivity index (χ1) is 18.4. The Hall–Kier alpha value is -4.08. The standard InChI is InChI=1S/C29H21BrN2O5S/c1-36-26-5-3-2-4-25(26)32-28(34)23-15-12-21(16-24(23)29(32)35)37-20-10-8-19(9-11-20)31-27(33)17-38-22-13-6-18(30)7-14-22/h2-16H,17H2,1H3,(H,31,33). The molecule has 0 spiro atoms. The van der Waals surface area contributed by atoms with Gasteiger partial charge >= 0.3 is 0 Å². The van der Waals surface area contributed by atoms with Crippen molar-refractivity contribution in [1.82, 2.24) is 0 Å². The Labute approximate surface area is 231 Å². The van der Waals surface area contributed by atoms with Gasteiger partial charge in [-0.15, -0.1) is 11.8 Å². The van der Waals surface area contributed by atoms with Crippen LogP contribution in [0, 0.1) is 0 Å². The minimum Gasteiger partial charge on any atom is -0.495 e. The second-order valence-electron chi connectivity index (χ2n) is 8.24. The van der Waals surface area contributed by atoms with Gasteiger partial charge in [-0.1, -0.05) is 28.1 Å². The Kier molecular flexibility index (Phi) is 7.48. The van der Waals surface area contributed by atoms with Crippen molar-refractivity contribution in [3.8, 4) is 17.2 Å². The number of para-hydroxylation sites is 2. The molecule has 0 bridgehead atoms. The number of halogens is 1. The summed E-state index contributed by atoms with van der Waals surface area (Å²) in [6.07, 6.45) is 0. The SMILES string of the molecule is COc1ccccc1N1C(=O)c2ccc(Oc3ccc(NC(=O)CSc4ccc(Br)cc4)cc3)cc2C1=O. The quantitative estimate of drug-likeness (QED) is 0.180. The molecule has 3 amide bonds.